The Bertz CT molecular complexity index is 1550. The van der Waals surface area contributed by atoms with Gasteiger partial charge >= 0.3 is 12.1 Å². The lowest BCUT2D eigenvalue weighted by atomic mass is 10.1. The molecule has 0 bridgehead atoms. The van der Waals surface area contributed by atoms with Gasteiger partial charge in [0.15, 0.2) is 0 Å². The molecule has 42 heavy (non-hydrogen) atoms. The number of hydrogen-bond acceptors (Lipinski definition) is 4. The van der Waals surface area contributed by atoms with Crippen LogP contribution in [0.25, 0.3) is 12.2 Å². The standard InChI is InChI=1S/C34H32N4O4/c1-41-31-17-9-7-15-29(31)38(30-16-8-10-18-32(30)42-2)34(40)36-23-21-35(22-24-36)33(39)37-27-13-5-3-11-25(27)19-20-26-12-4-6-14-28(26)37/h3-20H,21-24H2,1-2H3. The van der Waals surface area contributed by atoms with Gasteiger partial charge in [0.05, 0.1) is 37.0 Å². The number of urea groups is 2. The molecule has 0 aliphatic carbocycles. The van der Waals surface area contributed by atoms with Crippen molar-refractivity contribution in [3.8, 4) is 11.5 Å². The second kappa shape index (κ2) is 11.7. The fourth-order valence-electron chi connectivity index (χ4n) is 5.52. The van der Waals surface area contributed by atoms with Crippen molar-refractivity contribution in [1.29, 1.82) is 0 Å². The highest BCUT2D eigenvalue weighted by atomic mass is 16.5. The first-order valence-electron chi connectivity index (χ1n) is 13.9. The molecular weight excluding hydrogens is 528 g/mol. The van der Waals surface area contributed by atoms with E-state index in [9.17, 15) is 9.59 Å². The Morgan fingerprint density at radius 2 is 1.02 bits per heavy atom. The molecule has 4 aromatic rings. The van der Waals surface area contributed by atoms with Crippen molar-refractivity contribution < 1.29 is 19.1 Å². The lowest BCUT2D eigenvalue weighted by Crippen LogP contribution is -2.55. The summed E-state index contributed by atoms with van der Waals surface area (Å²) in [6.07, 6.45) is 4.09. The second-order valence-corrected chi connectivity index (χ2v) is 10.0. The van der Waals surface area contributed by atoms with E-state index < -0.39 is 0 Å². The number of hydrogen-bond donors (Lipinski definition) is 0. The molecule has 8 heteroatoms. The second-order valence-electron chi connectivity index (χ2n) is 10.0. The molecule has 6 rings (SSSR count). The third-order valence-corrected chi connectivity index (χ3v) is 7.65. The molecule has 2 aliphatic rings. The number of amides is 4. The van der Waals surface area contributed by atoms with Gasteiger partial charge in [-0.05, 0) is 47.5 Å². The molecule has 8 nitrogen and oxygen atoms in total. The Morgan fingerprint density at radius 1 is 0.595 bits per heavy atom. The van der Waals surface area contributed by atoms with E-state index in [2.05, 4.69) is 0 Å². The molecule has 0 saturated carbocycles. The topological polar surface area (TPSA) is 65.6 Å². The van der Waals surface area contributed by atoms with Crippen LogP contribution in [0.3, 0.4) is 0 Å². The van der Waals surface area contributed by atoms with Crippen molar-refractivity contribution >= 4 is 47.0 Å². The molecule has 2 heterocycles. The van der Waals surface area contributed by atoms with E-state index in [1.54, 1.807) is 28.9 Å². The maximum Gasteiger partial charge on any atom is 0.329 e. The summed E-state index contributed by atoms with van der Waals surface area (Å²) in [4.78, 5) is 35.3. The van der Waals surface area contributed by atoms with Crippen LogP contribution in [0.4, 0.5) is 32.3 Å². The molecule has 212 valence electrons. The van der Waals surface area contributed by atoms with E-state index in [4.69, 9.17) is 9.47 Å². The highest BCUT2D eigenvalue weighted by molar-refractivity contribution is 6.06. The number of anilines is 4. The van der Waals surface area contributed by atoms with Crippen molar-refractivity contribution in [3.63, 3.8) is 0 Å². The minimum Gasteiger partial charge on any atom is -0.495 e. The van der Waals surface area contributed by atoms with Crippen LogP contribution < -0.4 is 19.3 Å². The number of carbonyl (C=O) groups excluding carboxylic acids is 2. The first-order chi connectivity index (χ1) is 20.6. The summed E-state index contributed by atoms with van der Waals surface area (Å²) in [7, 11) is 3.17. The van der Waals surface area contributed by atoms with Crippen molar-refractivity contribution in [3.05, 3.63) is 108 Å². The highest BCUT2D eigenvalue weighted by Crippen LogP contribution is 2.40. The van der Waals surface area contributed by atoms with Gasteiger partial charge in [0.25, 0.3) is 0 Å². The predicted octanol–water partition coefficient (Wildman–Crippen LogP) is 7.02. The highest BCUT2D eigenvalue weighted by Gasteiger charge is 2.34. The Balaban J connectivity index is 1.27. The summed E-state index contributed by atoms with van der Waals surface area (Å²) >= 11 is 0. The number of carbonyl (C=O) groups is 2. The molecule has 0 spiro atoms. The maximum absolute atomic E-state index is 14.2. The Kier molecular flexibility index (Phi) is 7.51. The zero-order valence-corrected chi connectivity index (χ0v) is 23.6. The summed E-state index contributed by atoms with van der Waals surface area (Å²) < 4.78 is 11.3. The van der Waals surface area contributed by atoms with E-state index in [-0.39, 0.29) is 12.1 Å². The molecule has 1 saturated heterocycles. The third-order valence-electron chi connectivity index (χ3n) is 7.65. The van der Waals surface area contributed by atoms with Crippen LogP contribution in [0.5, 0.6) is 11.5 Å². The zero-order chi connectivity index (χ0) is 29.1. The third kappa shape index (κ3) is 4.92. The van der Waals surface area contributed by atoms with Crippen LogP contribution in [0.1, 0.15) is 11.1 Å². The molecular formula is C34H32N4O4. The van der Waals surface area contributed by atoms with Crippen LogP contribution in [-0.2, 0) is 0 Å². The first-order valence-corrected chi connectivity index (χ1v) is 13.9. The van der Waals surface area contributed by atoms with Gasteiger partial charge in [-0.3, -0.25) is 9.80 Å². The molecule has 0 N–H and O–H groups in total. The number of methoxy groups -OCH3 is 2. The molecule has 4 amide bonds. The van der Waals surface area contributed by atoms with Gasteiger partial charge in [0, 0.05) is 26.2 Å². The molecule has 0 radical (unpaired) electrons. The number of piperazine rings is 1. The van der Waals surface area contributed by atoms with E-state index in [1.807, 2.05) is 114 Å². The molecule has 4 aromatic carbocycles. The average Bonchev–Trinajstić information content (AvgIpc) is 3.22. The van der Waals surface area contributed by atoms with Crippen molar-refractivity contribution in [2.75, 3.05) is 50.2 Å². The van der Waals surface area contributed by atoms with Crippen molar-refractivity contribution in [1.82, 2.24) is 9.80 Å². The maximum atomic E-state index is 14.2. The smallest absolute Gasteiger partial charge is 0.329 e. The Labute approximate surface area is 245 Å². The lowest BCUT2D eigenvalue weighted by molar-refractivity contribution is 0.151. The van der Waals surface area contributed by atoms with E-state index in [0.717, 1.165) is 22.5 Å². The number of fused-ring (bicyclic) bond motifs is 2. The van der Waals surface area contributed by atoms with Crippen molar-refractivity contribution in [2.24, 2.45) is 0 Å². The first kappa shape index (κ1) is 27.0. The van der Waals surface area contributed by atoms with Gasteiger partial charge in [-0.2, -0.15) is 0 Å². The van der Waals surface area contributed by atoms with E-state index in [1.165, 1.54) is 0 Å². The Hall–Kier alpha value is -5.24. The average molecular weight is 561 g/mol. The van der Waals surface area contributed by atoms with E-state index >= 15 is 0 Å². The summed E-state index contributed by atoms with van der Waals surface area (Å²) in [5.41, 5.74) is 4.83. The fourth-order valence-corrected chi connectivity index (χ4v) is 5.52. The molecule has 0 aromatic heterocycles. The number of rotatable bonds is 4. The summed E-state index contributed by atoms with van der Waals surface area (Å²) in [6, 6.07) is 30.3. The summed E-state index contributed by atoms with van der Waals surface area (Å²) in [6.45, 7) is 1.54. The largest absolute Gasteiger partial charge is 0.495 e. The number of nitrogens with zero attached hydrogens (tertiary/aromatic N) is 4. The van der Waals surface area contributed by atoms with Crippen LogP contribution in [0.15, 0.2) is 97.1 Å². The van der Waals surface area contributed by atoms with Gasteiger partial charge in [-0.25, -0.2) is 9.59 Å². The number of ether oxygens (including phenoxy) is 2. The van der Waals surface area contributed by atoms with E-state index in [0.29, 0.717) is 49.1 Å². The molecule has 1 fully saturated rings. The van der Waals surface area contributed by atoms with Crippen LogP contribution in [-0.4, -0.2) is 62.3 Å². The zero-order valence-electron chi connectivity index (χ0n) is 23.6. The quantitative estimate of drug-likeness (QED) is 0.269. The van der Waals surface area contributed by atoms with Gasteiger partial charge in [0.1, 0.15) is 11.5 Å². The Morgan fingerprint density at radius 3 is 1.52 bits per heavy atom. The minimum absolute atomic E-state index is 0.114. The normalized spacial score (nSPS) is 14.0. The van der Waals surface area contributed by atoms with Crippen LogP contribution in [0, 0.1) is 0 Å². The van der Waals surface area contributed by atoms with Gasteiger partial charge in [0.2, 0.25) is 0 Å². The predicted molar refractivity (Wildman–Crippen MR) is 166 cm³/mol. The SMILES string of the molecule is COc1ccccc1N(C(=O)N1CCN(C(=O)N2c3ccccc3C=Cc3ccccc32)CC1)c1ccccc1OC. The minimum atomic E-state index is -0.217. The van der Waals surface area contributed by atoms with Crippen LogP contribution >= 0.6 is 0 Å². The monoisotopic (exact) mass is 560 g/mol. The van der Waals surface area contributed by atoms with Gasteiger partial charge in [-0.15, -0.1) is 0 Å². The van der Waals surface area contributed by atoms with Crippen LogP contribution in [0.2, 0.25) is 0 Å². The molecule has 2 aliphatic heterocycles. The summed E-state index contributed by atoms with van der Waals surface area (Å²) in [5.74, 6) is 1.13. The lowest BCUT2D eigenvalue weighted by Gasteiger charge is -2.39. The fraction of sp³-hybridized carbons (Fsp3) is 0.176. The van der Waals surface area contributed by atoms with Crippen molar-refractivity contribution in [2.45, 2.75) is 0 Å². The van der Waals surface area contributed by atoms with Gasteiger partial charge in [-0.1, -0.05) is 72.8 Å². The molecule has 0 unspecified atom stereocenters. The number of benzene rings is 4. The number of para-hydroxylation sites is 6. The molecule has 0 atom stereocenters. The summed E-state index contributed by atoms with van der Waals surface area (Å²) in [5, 5.41) is 0. The van der Waals surface area contributed by atoms with Gasteiger partial charge < -0.3 is 19.3 Å².